The van der Waals surface area contributed by atoms with E-state index in [9.17, 15) is 18.0 Å². The first kappa shape index (κ1) is 30.6. The average molecular weight is 639 g/mol. The van der Waals surface area contributed by atoms with Gasteiger partial charge in [-0.15, -0.1) is 0 Å². The molecule has 5 rings (SSSR count). The second-order valence-electron chi connectivity index (χ2n) is 9.94. The molecular formula is C32H29Cl2N3O5S. The maximum absolute atomic E-state index is 13.9. The van der Waals surface area contributed by atoms with Crippen molar-refractivity contribution >= 4 is 50.7 Å². The van der Waals surface area contributed by atoms with E-state index < -0.39 is 28.6 Å². The van der Waals surface area contributed by atoms with Gasteiger partial charge in [0.2, 0.25) is 15.9 Å². The van der Waals surface area contributed by atoms with Gasteiger partial charge in [0, 0.05) is 18.1 Å². The summed E-state index contributed by atoms with van der Waals surface area (Å²) >= 11 is 12.4. The van der Waals surface area contributed by atoms with Crippen LogP contribution >= 0.6 is 23.2 Å². The molecule has 2 amide bonds. The van der Waals surface area contributed by atoms with Crippen LogP contribution in [-0.4, -0.2) is 50.3 Å². The van der Waals surface area contributed by atoms with Gasteiger partial charge in [0.1, 0.15) is 10.6 Å². The van der Waals surface area contributed by atoms with Crippen LogP contribution in [0.3, 0.4) is 0 Å². The minimum Gasteiger partial charge on any atom is -0.477 e. The second-order valence-corrected chi connectivity index (χ2v) is 12.7. The largest absolute Gasteiger partial charge is 0.477 e. The molecule has 1 N–H and O–H groups in total. The number of hydrogen-bond donors (Lipinski definition) is 1. The van der Waals surface area contributed by atoms with Crippen LogP contribution in [-0.2, 0) is 32.6 Å². The monoisotopic (exact) mass is 637 g/mol. The molecule has 0 fully saturated rings. The van der Waals surface area contributed by atoms with E-state index >= 15 is 0 Å². The van der Waals surface area contributed by atoms with Crippen LogP contribution in [0.25, 0.3) is 0 Å². The minimum atomic E-state index is -4.27. The zero-order valence-corrected chi connectivity index (χ0v) is 25.4. The number of nitrogens with one attached hydrogen (secondary N) is 1. The third-order valence-electron chi connectivity index (χ3n) is 6.95. The molecule has 4 aromatic carbocycles. The van der Waals surface area contributed by atoms with Gasteiger partial charge in [-0.3, -0.25) is 9.59 Å². The van der Waals surface area contributed by atoms with Crippen molar-refractivity contribution in [1.29, 1.82) is 0 Å². The van der Waals surface area contributed by atoms with Crippen LogP contribution in [0, 0.1) is 0 Å². The van der Waals surface area contributed by atoms with E-state index in [0.29, 0.717) is 30.0 Å². The fourth-order valence-corrected chi connectivity index (χ4v) is 6.87. The molecule has 0 saturated heterocycles. The average Bonchev–Trinajstić information content (AvgIpc) is 3.02. The Kier molecular flexibility index (Phi) is 9.67. The van der Waals surface area contributed by atoms with Crippen LogP contribution in [0.15, 0.2) is 108 Å². The number of fused-ring (bicyclic) bond motifs is 1. The van der Waals surface area contributed by atoms with Crippen molar-refractivity contribution in [3.63, 3.8) is 0 Å². The van der Waals surface area contributed by atoms with Crippen molar-refractivity contribution in [2.45, 2.75) is 24.0 Å². The lowest BCUT2D eigenvalue weighted by molar-refractivity contribution is -0.128. The Bertz CT molecular complexity index is 1700. The Balaban J connectivity index is 1.39. The van der Waals surface area contributed by atoms with Gasteiger partial charge in [-0.05, 0) is 47.9 Å². The molecule has 1 aliphatic rings. The number of carbonyl (C=O) groups is 2. The summed E-state index contributed by atoms with van der Waals surface area (Å²) in [6.45, 7) is -0.310. The molecule has 0 aromatic heterocycles. The highest BCUT2D eigenvalue weighted by Gasteiger charge is 2.36. The molecule has 0 bridgehead atoms. The third-order valence-corrected chi connectivity index (χ3v) is 9.46. The number of nitrogens with zero attached hydrogens (tertiary/aromatic N) is 2. The summed E-state index contributed by atoms with van der Waals surface area (Å²) in [6, 6.07) is 29.7. The number of rotatable bonds is 10. The number of para-hydroxylation sites is 2. The lowest BCUT2D eigenvalue weighted by atomic mass is 10.1. The van der Waals surface area contributed by atoms with Gasteiger partial charge in [-0.1, -0.05) is 96.0 Å². The lowest BCUT2D eigenvalue weighted by Gasteiger charge is -2.35. The fraction of sp³-hybridized carbons (Fsp3) is 0.188. The molecule has 1 aliphatic heterocycles. The van der Waals surface area contributed by atoms with Crippen LogP contribution < -0.4 is 15.0 Å². The van der Waals surface area contributed by atoms with Crippen LogP contribution in [0.1, 0.15) is 11.1 Å². The van der Waals surface area contributed by atoms with Crippen molar-refractivity contribution in [2.75, 3.05) is 24.5 Å². The molecule has 222 valence electrons. The molecular weight excluding hydrogens is 609 g/mol. The predicted octanol–water partition coefficient (Wildman–Crippen LogP) is 5.34. The standard InChI is InChI=1S/C32H29Cl2N3O5S/c33-25-15-16-26(34)30(19-25)43(40,41)36(20-24-11-5-2-6-12-24)22-31(38)37-21-29(42-28-14-8-7-13-27(28)37)32(39)35-18-17-23-9-3-1-4-10-23/h1-16,19,29H,17-18,20-22H2,(H,35,39). The molecule has 1 heterocycles. The molecule has 4 aromatic rings. The number of amides is 2. The maximum Gasteiger partial charge on any atom is 0.262 e. The fourth-order valence-electron chi connectivity index (χ4n) is 4.76. The Labute approximate surface area is 260 Å². The number of hydrogen-bond acceptors (Lipinski definition) is 5. The van der Waals surface area contributed by atoms with E-state index in [0.717, 1.165) is 9.87 Å². The van der Waals surface area contributed by atoms with Crippen molar-refractivity contribution in [3.8, 4) is 5.75 Å². The Hall–Kier alpha value is -3.89. The topological polar surface area (TPSA) is 96.0 Å². The smallest absolute Gasteiger partial charge is 0.262 e. The van der Waals surface area contributed by atoms with Gasteiger partial charge >= 0.3 is 0 Å². The summed E-state index contributed by atoms with van der Waals surface area (Å²) in [7, 11) is -4.27. The van der Waals surface area contributed by atoms with Crippen LogP contribution in [0.5, 0.6) is 5.75 Å². The zero-order valence-electron chi connectivity index (χ0n) is 23.0. The second kappa shape index (κ2) is 13.6. The molecule has 0 aliphatic carbocycles. The van der Waals surface area contributed by atoms with E-state index in [2.05, 4.69) is 5.32 Å². The Morgan fingerprint density at radius 1 is 0.884 bits per heavy atom. The summed E-state index contributed by atoms with van der Waals surface area (Å²) in [5, 5.41) is 3.06. The van der Waals surface area contributed by atoms with Crippen LogP contribution in [0.2, 0.25) is 10.0 Å². The van der Waals surface area contributed by atoms with Crippen molar-refractivity contribution in [1.82, 2.24) is 9.62 Å². The highest BCUT2D eigenvalue weighted by atomic mass is 35.5. The number of halogens is 2. The summed E-state index contributed by atoms with van der Waals surface area (Å²) in [4.78, 5) is 28.3. The summed E-state index contributed by atoms with van der Waals surface area (Å²) in [5.41, 5.74) is 2.20. The summed E-state index contributed by atoms with van der Waals surface area (Å²) < 4.78 is 34.8. The molecule has 0 radical (unpaired) electrons. The Morgan fingerprint density at radius 3 is 2.26 bits per heavy atom. The first-order chi connectivity index (χ1) is 20.7. The maximum atomic E-state index is 13.9. The summed E-state index contributed by atoms with van der Waals surface area (Å²) in [6.07, 6.45) is -0.354. The van der Waals surface area contributed by atoms with Crippen LogP contribution in [0.4, 0.5) is 5.69 Å². The molecule has 8 nitrogen and oxygen atoms in total. The number of benzene rings is 4. The van der Waals surface area contributed by atoms with Gasteiger partial charge in [0.25, 0.3) is 5.91 Å². The van der Waals surface area contributed by atoms with Gasteiger partial charge in [-0.2, -0.15) is 4.31 Å². The number of ether oxygens (including phenoxy) is 1. The predicted molar refractivity (Wildman–Crippen MR) is 167 cm³/mol. The number of anilines is 1. The molecule has 1 atom stereocenters. The van der Waals surface area contributed by atoms with Gasteiger partial charge in [0.05, 0.1) is 23.8 Å². The molecule has 0 spiro atoms. The van der Waals surface area contributed by atoms with E-state index in [1.54, 1.807) is 48.5 Å². The summed E-state index contributed by atoms with van der Waals surface area (Å²) in [5.74, 6) is -0.557. The third kappa shape index (κ3) is 7.37. The lowest BCUT2D eigenvalue weighted by Crippen LogP contribution is -2.53. The highest BCUT2D eigenvalue weighted by molar-refractivity contribution is 7.89. The number of carbonyl (C=O) groups excluding carboxylic acids is 2. The first-order valence-electron chi connectivity index (χ1n) is 13.6. The molecule has 11 heteroatoms. The normalized spacial score (nSPS) is 14.6. The highest BCUT2D eigenvalue weighted by Crippen LogP contribution is 2.34. The quantitative estimate of drug-likeness (QED) is 0.253. The van der Waals surface area contributed by atoms with Crippen molar-refractivity contribution < 1.29 is 22.7 Å². The Morgan fingerprint density at radius 2 is 1.53 bits per heavy atom. The van der Waals surface area contributed by atoms with E-state index in [1.807, 2.05) is 36.4 Å². The minimum absolute atomic E-state index is 0.0149. The van der Waals surface area contributed by atoms with Gasteiger partial charge < -0.3 is 15.0 Å². The van der Waals surface area contributed by atoms with Crippen molar-refractivity contribution in [3.05, 3.63) is 124 Å². The van der Waals surface area contributed by atoms with E-state index in [4.69, 9.17) is 27.9 Å². The molecule has 0 saturated carbocycles. The van der Waals surface area contributed by atoms with E-state index in [-0.39, 0.29) is 33.9 Å². The van der Waals surface area contributed by atoms with Gasteiger partial charge in [-0.25, -0.2) is 8.42 Å². The zero-order chi connectivity index (χ0) is 30.4. The number of sulfonamides is 1. The molecule has 43 heavy (non-hydrogen) atoms. The SMILES string of the molecule is O=C(NCCc1ccccc1)C1CN(C(=O)CN(Cc2ccccc2)S(=O)(=O)c2cc(Cl)ccc2Cl)c2ccccc2O1. The van der Waals surface area contributed by atoms with E-state index in [1.165, 1.54) is 23.1 Å². The molecule has 1 unspecified atom stereocenters. The van der Waals surface area contributed by atoms with Gasteiger partial charge in [0.15, 0.2) is 6.10 Å². The first-order valence-corrected chi connectivity index (χ1v) is 15.8. The van der Waals surface area contributed by atoms with Crippen molar-refractivity contribution in [2.24, 2.45) is 0 Å².